The summed E-state index contributed by atoms with van der Waals surface area (Å²) < 4.78 is 16.6. The van der Waals surface area contributed by atoms with Crippen molar-refractivity contribution in [2.75, 3.05) is 19.6 Å². The van der Waals surface area contributed by atoms with E-state index in [1.165, 1.54) is 6.07 Å². The van der Waals surface area contributed by atoms with Crippen LogP contribution in [0.3, 0.4) is 0 Å². The van der Waals surface area contributed by atoms with Gasteiger partial charge in [-0.25, -0.2) is 4.39 Å². The van der Waals surface area contributed by atoms with E-state index in [4.69, 9.17) is 11.6 Å². The summed E-state index contributed by atoms with van der Waals surface area (Å²) in [7, 11) is 0. The molecule has 5 rings (SSSR count). The number of likely N-dealkylation sites (tertiary alicyclic amines) is 1. The monoisotopic (exact) mass is 477 g/mol. The Balaban J connectivity index is 1.45. The summed E-state index contributed by atoms with van der Waals surface area (Å²) in [5.74, 6) is -0.577. The zero-order valence-electron chi connectivity index (χ0n) is 18.6. The van der Waals surface area contributed by atoms with Gasteiger partial charge in [-0.15, -0.1) is 0 Å². The van der Waals surface area contributed by atoms with Crippen LogP contribution in [0.25, 0.3) is 21.8 Å². The van der Waals surface area contributed by atoms with Crippen molar-refractivity contribution in [3.05, 3.63) is 93.4 Å². The number of rotatable bonds is 6. The number of nitrogens with one attached hydrogen (secondary N) is 1. The molecule has 7 heteroatoms. The summed E-state index contributed by atoms with van der Waals surface area (Å²) in [4.78, 5) is 28.3. The van der Waals surface area contributed by atoms with Gasteiger partial charge >= 0.3 is 0 Å². The smallest absolute Gasteiger partial charge is 0.240 e. The number of hydrogen-bond acceptors (Lipinski definition) is 3. The van der Waals surface area contributed by atoms with Gasteiger partial charge in [0.1, 0.15) is 12.4 Å². The highest BCUT2D eigenvalue weighted by Crippen LogP contribution is 2.32. The van der Waals surface area contributed by atoms with Crippen LogP contribution in [0.1, 0.15) is 24.4 Å². The average Bonchev–Trinajstić information content (AvgIpc) is 3.38. The fraction of sp³-hybridized carbons (Fsp3) is 0.259. The molecule has 1 unspecified atom stereocenters. The molecule has 1 aliphatic rings. The van der Waals surface area contributed by atoms with Crippen molar-refractivity contribution >= 4 is 39.3 Å². The number of aromatic nitrogens is 1. The number of halogens is 2. The Morgan fingerprint density at radius 1 is 0.941 bits per heavy atom. The first-order valence-corrected chi connectivity index (χ1v) is 11.9. The van der Waals surface area contributed by atoms with Gasteiger partial charge in [0.05, 0.1) is 17.1 Å². The van der Waals surface area contributed by atoms with E-state index in [0.29, 0.717) is 32.4 Å². The molecule has 174 valence electrons. The Morgan fingerprint density at radius 3 is 2.18 bits per heavy atom. The molecule has 0 saturated carbocycles. The Bertz CT molecular complexity index is 1350. The lowest BCUT2D eigenvalue weighted by Gasteiger charge is -2.29. The van der Waals surface area contributed by atoms with Gasteiger partial charge in [0.2, 0.25) is 5.91 Å². The van der Waals surface area contributed by atoms with Crippen LogP contribution in [0.5, 0.6) is 0 Å². The van der Waals surface area contributed by atoms with E-state index >= 15 is 0 Å². The van der Waals surface area contributed by atoms with Crippen molar-refractivity contribution in [2.24, 2.45) is 0 Å². The SMILES string of the molecule is O=C(Cn1c2ccccc2c(=O)c2ccccc21)NCC(c1c(F)cccc1Cl)N1CCCC1. The number of fused-ring (bicyclic) bond motifs is 2. The van der Waals surface area contributed by atoms with Gasteiger partial charge in [0, 0.05) is 27.9 Å². The van der Waals surface area contributed by atoms with Gasteiger partial charge in [-0.3, -0.25) is 14.5 Å². The van der Waals surface area contributed by atoms with Crippen LogP contribution in [0, 0.1) is 5.82 Å². The van der Waals surface area contributed by atoms with E-state index in [2.05, 4.69) is 10.2 Å². The predicted molar refractivity (Wildman–Crippen MR) is 134 cm³/mol. The third kappa shape index (κ3) is 4.19. The molecule has 1 atom stereocenters. The molecule has 1 saturated heterocycles. The van der Waals surface area contributed by atoms with Crippen LogP contribution in [-0.2, 0) is 11.3 Å². The summed E-state index contributed by atoms with van der Waals surface area (Å²) in [6.45, 7) is 1.95. The second kappa shape index (κ2) is 9.57. The summed E-state index contributed by atoms with van der Waals surface area (Å²) in [5, 5.41) is 4.51. The van der Waals surface area contributed by atoms with E-state index in [9.17, 15) is 14.0 Å². The van der Waals surface area contributed by atoms with Crippen LogP contribution in [0.15, 0.2) is 71.5 Å². The first kappa shape index (κ1) is 22.6. The normalized spacial score (nSPS) is 15.1. The molecule has 0 radical (unpaired) electrons. The van der Waals surface area contributed by atoms with Crippen LogP contribution in [0.2, 0.25) is 5.02 Å². The predicted octanol–water partition coefficient (Wildman–Crippen LogP) is 4.90. The maximum Gasteiger partial charge on any atom is 0.240 e. The minimum atomic E-state index is -0.365. The van der Waals surface area contributed by atoms with E-state index in [-0.39, 0.29) is 36.3 Å². The Labute approximate surface area is 201 Å². The van der Waals surface area contributed by atoms with Crippen molar-refractivity contribution in [3.63, 3.8) is 0 Å². The van der Waals surface area contributed by atoms with Gasteiger partial charge in [0.25, 0.3) is 0 Å². The molecule has 34 heavy (non-hydrogen) atoms. The fourth-order valence-corrected chi connectivity index (χ4v) is 5.24. The summed E-state index contributed by atoms with van der Waals surface area (Å²) in [6, 6.07) is 19.0. The van der Waals surface area contributed by atoms with Crippen LogP contribution >= 0.6 is 11.6 Å². The minimum absolute atomic E-state index is 0.0407. The maximum absolute atomic E-state index is 14.8. The number of hydrogen-bond donors (Lipinski definition) is 1. The summed E-state index contributed by atoms with van der Waals surface area (Å²) in [6.07, 6.45) is 2.07. The number of pyridine rings is 1. The molecule has 0 spiro atoms. The molecule has 2 heterocycles. The highest BCUT2D eigenvalue weighted by Gasteiger charge is 2.28. The lowest BCUT2D eigenvalue weighted by Crippen LogP contribution is -2.38. The van der Waals surface area contributed by atoms with Gasteiger partial charge in [-0.1, -0.05) is 41.9 Å². The summed E-state index contributed by atoms with van der Waals surface area (Å²) >= 11 is 6.38. The molecule has 3 aromatic carbocycles. The third-order valence-electron chi connectivity index (χ3n) is 6.59. The Kier molecular flexibility index (Phi) is 6.35. The zero-order chi connectivity index (χ0) is 23.7. The topological polar surface area (TPSA) is 54.3 Å². The van der Waals surface area contributed by atoms with Crippen molar-refractivity contribution in [3.8, 4) is 0 Å². The molecule has 1 fully saturated rings. The van der Waals surface area contributed by atoms with Crippen molar-refractivity contribution < 1.29 is 9.18 Å². The standard InChI is InChI=1S/C27H25ClFN3O2/c28-20-10-7-11-21(29)26(20)24(31-14-5-6-15-31)16-30-25(33)17-32-22-12-3-1-8-18(22)27(34)19-9-2-4-13-23(19)32/h1-4,7-13,24H,5-6,14-17H2,(H,30,33). The number of carbonyl (C=O) groups excluding carboxylic acids is 1. The van der Waals surface area contributed by atoms with Gasteiger partial charge in [0.15, 0.2) is 5.43 Å². The number of carbonyl (C=O) groups is 1. The van der Waals surface area contributed by atoms with Crippen LogP contribution in [0.4, 0.5) is 4.39 Å². The first-order valence-electron chi connectivity index (χ1n) is 11.5. The first-order chi connectivity index (χ1) is 16.5. The molecular weight excluding hydrogens is 453 g/mol. The molecule has 1 amide bonds. The van der Waals surface area contributed by atoms with Crippen LogP contribution in [-0.4, -0.2) is 35.0 Å². The number of amides is 1. The Hall–Kier alpha value is -3.22. The molecule has 5 nitrogen and oxygen atoms in total. The molecule has 1 aliphatic heterocycles. The van der Waals surface area contributed by atoms with Crippen LogP contribution < -0.4 is 10.7 Å². The molecule has 1 N–H and O–H groups in total. The highest BCUT2D eigenvalue weighted by molar-refractivity contribution is 6.31. The largest absolute Gasteiger partial charge is 0.353 e. The second-order valence-electron chi connectivity index (χ2n) is 8.65. The van der Waals surface area contributed by atoms with Crippen molar-refractivity contribution in [1.82, 2.24) is 14.8 Å². The highest BCUT2D eigenvalue weighted by atomic mass is 35.5. The third-order valence-corrected chi connectivity index (χ3v) is 6.92. The lowest BCUT2D eigenvalue weighted by atomic mass is 10.0. The van der Waals surface area contributed by atoms with Gasteiger partial charge in [-0.05, 0) is 62.3 Å². The number of benzene rings is 3. The Morgan fingerprint density at radius 2 is 1.56 bits per heavy atom. The van der Waals surface area contributed by atoms with E-state index < -0.39 is 0 Å². The molecule has 0 aliphatic carbocycles. The zero-order valence-corrected chi connectivity index (χ0v) is 19.4. The lowest BCUT2D eigenvalue weighted by molar-refractivity contribution is -0.121. The van der Waals surface area contributed by atoms with Crippen molar-refractivity contribution in [2.45, 2.75) is 25.4 Å². The number of nitrogens with zero attached hydrogens (tertiary/aromatic N) is 2. The van der Waals surface area contributed by atoms with Crippen molar-refractivity contribution in [1.29, 1.82) is 0 Å². The van der Waals surface area contributed by atoms with Gasteiger partial charge < -0.3 is 9.88 Å². The second-order valence-corrected chi connectivity index (χ2v) is 9.06. The molecular formula is C27H25ClFN3O2. The molecule has 4 aromatic rings. The maximum atomic E-state index is 14.8. The van der Waals surface area contributed by atoms with E-state index in [1.54, 1.807) is 24.3 Å². The average molecular weight is 478 g/mol. The minimum Gasteiger partial charge on any atom is -0.353 e. The van der Waals surface area contributed by atoms with E-state index in [0.717, 1.165) is 25.9 Å². The quantitative estimate of drug-likeness (QED) is 0.402. The number of para-hydroxylation sites is 2. The fourth-order valence-electron chi connectivity index (χ4n) is 4.95. The molecule has 1 aromatic heterocycles. The van der Waals surface area contributed by atoms with Gasteiger partial charge in [-0.2, -0.15) is 0 Å². The summed E-state index contributed by atoms with van der Waals surface area (Å²) in [5.41, 5.74) is 1.78. The molecule has 0 bridgehead atoms. The van der Waals surface area contributed by atoms with E-state index in [1.807, 2.05) is 41.0 Å².